The highest BCUT2D eigenvalue weighted by Crippen LogP contribution is 2.19. The van der Waals surface area contributed by atoms with Gasteiger partial charge < -0.3 is 10.4 Å². The molecule has 0 fully saturated rings. The number of nitrogens with one attached hydrogen (secondary N) is 1. The Balaban J connectivity index is 2.06. The standard InChI is InChI=1S/C17H18ClNO4S/c1-11(16(20)12-3-7-14(18)8-4-12)19-17(21)13-5-9-15(10-6-13)24(2,22)23/h3-11,16,20H,1-2H3,(H,19,21)/t11-,16+/m0/s1. The number of hydrogen-bond acceptors (Lipinski definition) is 4. The maximum Gasteiger partial charge on any atom is 0.251 e. The van der Waals surface area contributed by atoms with E-state index in [4.69, 9.17) is 11.6 Å². The van der Waals surface area contributed by atoms with E-state index in [9.17, 15) is 18.3 Å². The Bertz CT molecular complexity index is 817. The molecule has 2 N–H and O–H groups in total. The van der Waals surface area contributed by atoms with Gasteiger partial charge in [-0.2, -0.15) is 0 Å². The number of amides is 1. The molecule has 0 saturated heterocycles. The SMILES string of the molecule is C[C@H](NC(=O)c1ccc(S(C)(=O)=O)cc1)[C@@H](O)c1ccc(Cl)cc1. The van der Waals surface area contributed by atoms with Crippen molar-refractivity contribution >= 4 is 27.3 Å². The minimum absolute atomic E-state index is 0.147. The van der Waals surface area contributed by atoms with E-state index in [1.54, 1.807) is 31.2 Å². The highest BCUT2D eigenvalue weighted by Gasteiger charge is 2.19. The molecule has 0 aromatic heterocycles. The van der Waals surface area contributed by atoms with Crippen LogP contribution in [0.25, 0.3) is 0 Å². The first kappa shape index (κ1) is 18.4. The van der Waals surface area contributed by atoms with Crippen molar-refractivity contribution in [3.63, 3.8) is 0 Å². The number of aliphatic hydroxyl groups is 1. The fraction of sp³-hybridized carbons (Fsp3) is 0.235. The molecule has 0 bridgehead atoms. The number of carbonyl (C=O) groups is 1. The molecule has 0 saturated carbocycles. The van der Waals surface area contributed by atoms with Gasteiger partial charge in [-0.25, -0.2) is 8.42 Å². The Morgan fingerprint density at radius 3 is 2.12 bits per heavy atom. The van der Waals surface area contributed by atoms with Gasteiger partial charge in [0.1, 0.15) is 0 Å². The quantitative estimate of drug-likeness (QED) is 0.850. The molecular weight excluding hydrogens is 350 g/mol. The van der Waals surface area contributed by atoms with Crippen LogP contribution in [0, 0.1) is 0 Å². The van der Waals surface area contributed by atoms with Crippen LogP contribution in [0.2, 0.25) is 5.02 Å². The summed E-state index contributed by atoms with van der Waals surface area (Å²) >= 11 is 5.81. The molecule has 0 heterocycles. The Morgan fingerprint density at radius 2 is 1.62 bits per heavy atom. The molecule has 0 radical (unpaired) electrons. The van der Waals surface area contributed by atoms with Crippen LogP contribution in [-0.2, 0) is 9.84 Å². The van der Waals surface area contributed by atoms with E-state index >= 15 is 0 Å². The number of halogens is 1. The summed E-state index contributed by atoms with van der Waals surface area (Å²) in [5.41, 5.74) is 0.956. The maximum atomic E-state index is 12.2. The number of sulfone groups is 1. The normalized spacial score (nSPS) is 14.0. The predicted molar refractivity (Wildman–Crippen MR) is 92.9 cm³/mol. The summed E-state index contributed by atoms with van der Waals surface area (Å²) in [4.78, 5) is 12.4. The fourth-order valence-electron chi connectivity index (χ4n) is 2.17. The van der Waals surface area contributed by atoms with Gasteiger partial charge in [0.15, 0.2) is 9.84 Å². The summed E-state index contributed by atoms with van der Waals surface area (Å²) < 4.78 is 22.8. The lowest BCUT2D eigenvalue weighted by molar-refractivity contribution is 0.0852. The van der Waals surface area contributed by atoms with Crippen LogP contribution >= 0.6 is 11.6 Å². The molecule has 0 aliphatic rings. The van der Waals surface area contributed by atoms with Gasteiger partial charge in [0, 0.05) is 16.8 Å². The molecule has 2 aromatic carbocycles. The summed E-state index contributed by atoms with van der Waals surface area (Å²) in [7, 11) is -3.30. The lowest BCUT2D eigenvalue weighted by Crippen LogP contribution is -2.37. The largest absolute Gasteiger partial charge is 0.386 e. The van der Waals surface area contributed by atoms with Gasteiger partial charge >= 0.3 is 0 Å². The third kappa shape index (κ3) is 4.56. The van der Waals surface area contributed by atoms with Gasteiger partial charge in [0.25, 0.3) is 5.91 Å². The Morgan fingerprint density at radius 1 is 1.08 bits per heavy atom. The fourth-order valence-corrected chi connectivity index (χ4v) is 2.93. The van der Waals surface area contributed by atoms with Crippen molar-refractivity contribution in [2.75, 3.05) is 6.26 Å². The van der Waals surface area contributed by atoms with Gasteiger partial charge in [-0.3, -0.25) is 4.79 Å². The second-order valence-electron chi connectivity index (χ2n) is 5.56. The van der Waals surface area contributed by atoms with Crippen LogP contribution in [0.3, 0.4) is 0 Å². The number of carbonyl (C=O) groups excluding carboxylic acids is 1. The molecule has 5 nitrogen and oxygen atoms in total. The number of hydrogen-bond donors (Lipinski definition) is 2. The van der Waals surface area contributed by atoms with Gasteiger partial charge in [-0.15, -0.1) is 0 Å². The van der Waals surface area contributed by atoms with Crippen molar-refractivity contribution < 1.29 is 18.3 Å². The average molecular weight is 368 g/mol. The highest BCUT2D eigenvalue weighted by molar-refractivity contribution is 7.90. The topological polar surface area (TPSA) is 83.5 Å². The second-order valence-corrected chi connectivity index (χ2v) is 8.01. The van der Waals surface area contributed by atoms with Gasteiger partial charge in [-0.05, 0) is 48.9 Å². The van der Waals surface area contributed by atoms with Crippen molar-refractivity contribution in [1.29, 1.82) is 0 Å². The summed E-state index contributed by atoms with van der Waals surface area (Å²) in [6.07, 6.45) is 0.216. The summed E-state index contributed by atoms with van der Waals surface area (Å²) in [5.74, 6) is -0.393. The first-order chi connectivity index (χ1) is 11.2. The lowest BCUT2D eigenvalue weighted by atomic mass is 10.0. The zero-order valence-electron chi connectivity index (χ0n) is 13.2. The molecule has 128 valence electrons. The molecule has 2 aromatic rings. The second kappa shape index (κ2) is 7.34. The minimum atomic E-state index is -3.30. The van der Waals surface area contributed by atoms with Crippen LogP contribution in [-0.4, -0.2) is 31.7 Å². The van der Waals surface area contributed by atoms with Crippen molar-refractivity contribution in [2.24, 2.45) is 0 Å². The van der Waals surface area contributed by atoms with E-state index in [1.165, 1.54) is 24.3 Å². The summed E-state index contributed by atoms with van der Waals surface area (Å²) in [6.45, 7) is 1.68. The van der Waals surface area contributed by atoms with Crippen molar-refractivity contribution in [2.45, 2.75) is 24.0 Å². The first-order valence-electron chi connectivity index (χ1n) is 7.23. The van der Waals surface area contributed by atoms with Crippen LogP contribution in [0.4, 0.5) is 0 Å². The molecule has 24 heavy (non-hydrogen) atoms. The molecule has 2 atom stereocenters. The van der Waals surface area contributed by atoms with E-state index in [2.05, 4.69) is 5.32 Å². The molecule has 0 aliphatic carbocycles. The van der Waals surface area contributed by atoms with E-state index in [-0.39, 0.29) is 4.90 Å². The van der Waals surface area contributed by atoms with Crippen LogP contribution in [0.15, 0.2) is 53.4 Å². The Kier molecular flexibility index (Phi) is 5.64. The zero-order valence-corrected chi connectivity index (χ0v) is 14.8. The molecule has 7 heteroatoms. The third-order valence-electron chi connectivity index (χ3n) is 3.59. The van der Waals surface area contributed by atoms with Crippen molar-refractivity contribution in [3.8, 4) is 0 Å². The summed E-state index contributed by atoms with van der Waals surface area (Å²) in [6, 6.07) is 11.8. The van der Waals surface area contributed by atoms with E-state index in [1.807, 2.05) is 0 Å². The lowest BCUT2D eigenvalue weighted by Gasteiger charge is -2.20. The van der Waals surface area contributed by atoms with Gasteiger partial charge in [0.2, 0.25) is 0 Å². The highest BCUT2D eigenvalue weighted by atomic mass is 35.5. The van der Waals surface area contributed by atoms with Crippen LogP contribution in [0.5, 0.6) is 0 Å². The van der Waals surface area contributed by atoms with Crippen molar-refractivity contribution in [3.05, 3.63) is 64.7 Å². The predicted octanol–water partition coefficient (Wildman–Crippen LogP) is 2.60. The number of benzene rings is 2. The van der Waals surface area contributed by atoms with Crippen LogP contribution < -0.4 is 5.32 Å². The molecule has 1 amide bonds. The molecule has 2 rings (SSSR count). The Labute approximate surface area is 146 Å². The van der Waals surface area contributed by atoms with Crippen molar-refractivity contribution in [1.82, 2.24) is 5.32 Å². The van der Waals surface area contributed by atoms with E-state index in [0.717, 1.165) is 6.26 Å². The Hall–Kier alpha value is -1.89. The summed E-state index contributed by atoms with van der Waals surface area (Å²) in [5, 5.41) is 13.5. The first-order valence-corrected chi connectivity index (χ1v) is 9.50. The molecule has 0 aliphatic heterocycles. The average Bonchev–Trinajstić information content (AvgIpc) is 2.54. The number of rotatable bonds is 5. The molecule has 0 spiro atoms. The smallest absolute Gasteiger partial charge is 0.251 e. The number of aliphatic hydroxyl groups excluding tert-OH is 1. The van der Waals surface area contributed by atoms with Gasteiger partial charge in [0.05, 0.1) is 17.0 Å². The van der Waals surface area contributed by atoms with E-state index < -0.39 is 27.9 Å². The van der Waals surface area contributed by atoms with Crippen LogP contribution in [0.1, 0.15) is 28.9 Å². The maximum absolute atomic E-state index is 12.2. The van der Waals surface area contributed by atoms with E-state index in [0.29, 0.717) is 16.1 Å². The molecular formula is C17H18ClNO4S. The minimum Gasteiger partial charge on any atom is -0.386 e. The van der Waals surface area contributed by atoms with Gasteiger partial charge in [-0.1, -0.05) is 23.7 Å². The third-order valence-corrected chi connectivity index (χ3v) is 4.97. The molecule has 0 unspecified atom stereocenters. The zero-order chi connectivity index (χ0) is 17.9. The monoisotopic (exact) mass is 367 g/mol.